The first-order chi connectivity index (χ1) is 6.84. The first-order valence-corrected chi connectivity index (χ1v) is 5.72. The van der Waals surface area contributed by atoms with Gasteiger partial charge in [0.1, 0.15) is 0 Å². The van der Waals surface area contributed by atoms with Gasteiger partial charge in [0.15, 0.2) is 5.13 Å². The molecule has 0 amide bonds. The molecule has 1 aromatic heterocycles. The molecule has 1 aromatic rings. The van der Waals surface area contributed by atoms with E-state index in [1.165, 1.54) is 11.3 Å². The second-order valence-corrected chi connectivity index (χ2v) is 4.27. The third-order valence-corrected chi connectivity index (χ3v) is 3.08. The molecular formula is C9H15N3OS. The number of ether oxygens (including phenoxy) is 1. The van der Waals surface area contributed by atoms with E-state index in [2.05, 4.69) is 9.88 Å². The van der Waals surface area contributed by atoms with Crippen molar-refractivity contribution < 1.29 is 4.74 Å². The standard InChI is InChI=1S/C9H15N3OS/c10-9-11-8(7-14-9)1-2-12-3-5-13-6-4-12/h7H,1-6H2,(H2,10,11). The summed E-state index contributed by atoms with van der Waals surface area (Å²) in [6.45, 7) is 4.87. The predicted octanol–water partition coefficient (Wildman–Crippen LogP) is 0.600. The van der Waals surface area contributed by atoms with E-state index in [-0.39, 0.29) is 0 Å². The number of nitrogens with zero attached hydrogens (tertiary/aromatic N) is 2. The lowest BCUT2D eigenvalue weighted by Gasteiger charge is -2.26. The van der Waals surface area contributed by atoms with Gasteiger partial charge in [-0.3, -0.25) is 4.90 Å². The third kappa shape index (κ3) is 2.67. The molecule has 1 saturated heterocycles. The Labute approximate surface area is 87.7 Å². The monoisotopic (exact) mass is 213 g/mol. The number of nitrogens with two attached hydrogens (primary N) is 1. The van der Waals surface area contributed by atoms with Crippen LogP contribution in [0.5, 0.6) is 0 Å². The zero-order chi connectivity index (χ0) is 9.80. The Morgan fingerprint density at radius 1 is 1.50 bits per heavy atom. The fourth-order valence-corrected chi connectivity index (χ4v) is 2.13. The molecule has 2 N–H and O–H groups in total. The number of morpholine rings is 1. The van der Waals surface area contributed by atoms with E-state index in [1.807, 2.05) is 5.38 Å². The highest BCUT2D eigenvalue weighted by molar-refractivity contribution is 7.13. The Kier molecular flexibility index (Phi) is 3.34. The molecule has 2 rings (SSSR count). The smallest absolute Gasteiger partial charge is 0.180 e. The molecule has 0 atom stereocenters. The maximum absolute atomic E-state index is 5.56. The van der Waals surface area contributed by atoms with Gasteiger partial charge in [0.25, 0.3) is 0 Å². The Morgan fingerprint density at radius 2 is 2.29 bits per heavy atom. The molecule has 2 heterocycles. The lowest BCUT2D eigenvalue weighted by atomic mass is 10.3. The van der Waals surface area contributed by atoms with Crippen molar-refractivity contribution in [2.24, 2.45) is 0 Å². The van der Waals surface area contributed by atoms with E-state index in [0.717, 1.165) is 45.0 Å². The summed E-state index contributed by atoms with van der Waals surface area (Å²) in [7, 11) is 0. The van der Waals surface area contributed by atoms with Gasteiger partial charge in [-0.1, -0.05) is 0 Å². The van der Waals surface area contributed by atoms with Crippen molar-refractivity contribution in [1.29, 1.82) is 0 Å². The minimum absolute atomic E-state index is 0.668. The van der Waals surface area contributed by atoms with Gasteiger partial charge in [0.2, 0.25) is 0 Å². The maximum atomic E-state index is 5.56. The molecule has 1 aliphatic heterocycles. The van der Waals surface area contributed by atoms with E-state index < -0.39 is 0 Å². The SMILES string of the molecule is Nc1nc(CCN2CCOCC2)cs1. The Bertz CT molecular complexity index is 283. The van der Waals surface area contributed by atoms with Crippen molar-refractivity contribution in [3.63, 3.8) is 0 Å². The van der Waals surface area contributed by atoms with Crippen LogP contribution in [0.15, 0.2) is 5.38 Å². The van der Waals surface area contributed by atoms with Gasteiger partial charge < -0.3 is 10.5 Å². The molecule has 0 aliphatic carbocycles. The van der Waals surface area contributed by atoms with Crippen LogP contribution in [0, 0.1) is 0 Å². The largest absolute Gasteiger partial charge is 0.379 e. The zero-order valence-electron chi connectivity index (χ0n) is 8.11. The molecule has 4 nitrogen and oxygen atoms in total. The average molecular weight is 213 g/mol. The second kappa shape index (κ2) is 4.72. The third-order valence-electron chi connectivity index (χ3n) is 2.36. The Balaban J connectivity index is 1.76. The fraction of sp³-hybridized carbons (Fsp3) is 0.667. The van der Waals surface area contributed by atoms with Crippen LogP contribution in [0.1, 0.15) is 5.69 Å². The number of hydrogen-bond acceptors (Lipinski definition) is 5. The highest BCUT2D eigenvalue weighted by Crippen LogP contribution is 2.11. The van der Waals surface area contributed by atoms with E-state index in [4.69, 9.17) is 10.5 Å². The van der Waals surface area contributed by atoms with Gasteiger partial charge in [-0.2, -0.15) is 0 Å². The van der Waals surface area contributed by atoms with Gasteiger partial charge in [-0.25, -0.2) is 4.98 Å². The number of hydrogen-bond donors (Lipinski definition) is 1. The molecule has 14 heavy (non-hydrogen) atoms. The van der Waals surface area contributed by atoms with Gasteiger partial charge >= 0.3 is 0 Å². The fourth-order valence-electron chi connectivity index (χ4n) is 1.53. The normalized spacial score (nSPS) is 18.6. The first-order valence-electron chi connectivity index (χ1n) is 4.84. The quantitative estimate of drug-likeness (QED) is 0.799. The van der Waals surface area contributed by atoms with Crippen LogP contribution in [-0.2, 0) is 11.2 Å². The summed E-state index contributed by atoms with van der Waals surface area (Å²) < 4.78 is 5.28. The summed E-state index contributed by atoms with van der Waals surface area (Å²) in [6, 6.07) is 0. The molecule has 5 heteroatoms. The minimum Gasteiger partial charge on any atom is -0.379 e. The summed E-state index contributed by atoms with van der Waals surface area (Å²) in [6.07, 6.45) is 0.994. The summed E-state index contributed by atoms with van der Waals surface area (Å²) in [4.78, 5) is 6.64. The topological polar surface area (TPSA) is 51.4 Å². The maximum Gasteiger partial charge on any atom is 0.180 e. The van der Waals surface area contributed by atoms with Crippen LogP contribution < -0.4 is 5.73 Å². The predicted molar refractivity (Wildman–Crippen MR) is 57.5 cm³/mol. The minimum atomic E-state index is 0.668. The molecule has 0 bridgehead atoms. The molecule has 0 unspecified atom stereocenters. The molecule has 1 fully saturated rings. The average Bonchev–Trinajstić information content (AvgIpc) is 2.63. The van der Waals surface area contributed by atoms with Crippen LogP contribution in [-0.4, -0.2) is 42.7 Å². The van der Waals surface area contributed by atoms with E-state index in [9.17, 15) is 0 Å². The Hall–Kier alpha value is -0.650. The van der Waals surface area contributed by atoms with Crippen molar-refractivity contribution >= 4 is 16.5 Å². The summed E-state index contributed by atoms with van der Waals surface area (Å²) in [5.41, 5.74) is 6.67. The molecule has 0 radical (unpaired) electrons. The van der Waals surface area contributed by atoms with Crippen molar-refractivity contribution in [3.05, 3.63) is 11.1 Å². The van der Waals surface area contributed by atoms with Crippen molar-refractivity contribution in [2.45, 2.75) is 6.42 Å². The lowest BCUT2D eigenvalue weighted by Crippen LogP contribution is -2.37. The van der Waals surface area contributed by atoms with Crippen molar-refractivity contribution in [1.82, 2.24) is 9.88 Å². The van der Waals surface area contributed by atoms with Gasteiger partial charge in [-0.05, 0) is 0 Å². The zero-order valence-corrected chi connectivity index (χ0v) is 8.92. The number of thiazole rings is 1. The van der Waals surface area contributed by atoms with Crippen molar-refractivity contribution in [2.75, 3.05) is 38.6 Å². The van der Waals surface area contributed by atoms with Crippen LogP contribution in [0.25, 0.3) is 0 Å². The number of anilines is 1. The second-order valence-electron chi connectivity index (χ2n) is 3.38. The van der Waals surface area contributed by atoms with Crippen molar-refractivity contribution in [3.8, 4) is 0 Å². The summed E-state index contributed by atoms with van der Waals surface area (Å²) in [5, 5.41) is 2.71. The molecule has 78 valence electrons. The highest BCUT2D eigenvalue weighted by atomic mass is 32.1. The van der Waals surface area contributed by atoms with Gasteiger partial charge in [0.05, 0.1) is 18.9 Å². The van der Waals surface area contributed by atoms with E-state index in [0.29, 0.717) is 5.13 Å². The molecule has 0 saturated carbocycles. The molecule has 1 aliphatic rings. The lowest BCUT2D eigenvalue weighted by molar-refractivity contribution is 0.0383. The number of rotatable bonds is 3. The molecule has 0 spiro atoms. The Morgan fingerprint density at radius 3 is 2.93 bits per heavy atom. The number of aromatic nitrogens is 1. The first kappa shape index (κ1) is 9.89. The number of nitrogen functional groups attached to an aromatic ring is 1. The summed E-state index contributed by atoms with van der Waals surface area (Å²) >= 11 is 1.51. The van der Waals surface area contributed by atoms with Crippen LogP contribution >= 0.6 is 11.3 Å². The van der Waals surface area contributed by atoms with Crippen LogP contribution in [0.4, 0.5) is 5.13 Å². The molecule has 0 aromatic carbocycles. The van der Waals surface area contributed by atoms with Crippen LogP contribution in [0.2, 0.25) is 0 Å². The summed E-state index contributed by atoms with van der Waals surface area (Å²) in [5.74, 6) is 0. The van der Waals surface area contributed by atoms with Gasteiger partial charge in [0, 0.05) is 31.4 Å². The van der Waals surface area contributed by atoms with E-state index >= 15 is 0 Å². The molecular weight excluding hydrogens is 198 g/mol. The highest BCUT2D eigenvalue weighted by Gasteiger charge is 2.10. The van der Waals surface area contributed by atoms with E-state index in [1.54, 1.807) is 0 Å². The van der Waals surface area contributed by atoms with Gasteiger partial charge in [-0.15, -0.1) is 11.3 Å². The van der Waals surface area contributed by atoms with Crippen LogP contribution in [0.3, 0.4) is 0 Å².